The summed E-state index contributed by atoms with van der Waals surface area (Å²) in [7, 11) is 0. The van der Waals surface area contributed by atoms with E-state index in [1.807, 2.05) is 0 Å². The van der Waals surface area contributed by atoms with Crippen molar-refractivity contribution in [3.63, 3.8) is 0 Å². The Kier molecular flexibility index (Phi) is 3.22. The fourth-order valence-corrected chi connectivity index (χ4v) is 3.82. The second-order valence-electron chi connectivity index (χ2n) is 6.14. The Hall–Kier alpha value is -0.800. The molecule has 3 rings (SSSR count). The average Bonchev–Trinajstić information content (AvgIpc) is 2.38. The molecule has 3 atom stereocenters. The number of para-hydroxylation sites is 1. The van der Waals surface area contributed by atoms with Crippen molar-refractivity contribution in [1.82, 2.24) is 0 Å². The summed E-state index contributed by atoms with van der Waals surface area (Å²) in [5.74, 6) is 0.169. The molecule has 4 heteroatoms. The topological polar surface area (TPSA) is 21.3 Å². The number of halogens is 2. The lowest BCUT2D eigenvalue weighted by atomic mass is 9.55. The first-order chi connectivity index (χ1) is 9.01. The standard InChI is InChI=1S/C15H19ClFNO/c1-15(2)13(9-5-4-8-19-14(9)15)18-12-10(16)6-3-7-11(12)17/h3,6-7,9,13-14,18H,4-5,8H2,1-2H3. The lowest BCUT2D eigenvalue weighted by molar-refractivity contribution is -0.177. The molecule has 0 amide bonds. The van der Waals surface area contributed by atoms with Crippen molar-refractivity contribution in [1.29, 1.82) is 0 Å². The zero-order valence-electron chi connectivity index (χ0n) is 11.2. The smallest absolute Gasteiger partial charge is 0.147 e. The van der Waals surface area contributed by atoms with Gasteiger partial charge in [-0.3, -0.25) is 0 Å². The third-order valence-corrected chi connectivity index (χ3v) is 4.91. The lowest BCUT2D eigenvalue weighted by Crippen LogP contribution is -2.67. The van der Waals surface area contributed by atoms with Crippen molar-refractivity contribution >= 4 is 17.3 Å². The number of hydrogen-bond acceptors (Lipinski definition) is 2. The number of ether oxygens (including phenoxy) is 1. The van der Waals surface area contributed by atoms with Crippen molar-refractivity contribution in [3.8, 4) is 0 Å². The fourth-order valence-electron chi connectivity index (χ4n) is 3.61. The molecule has 1 aromatic carbocycles. The average molecular weight is 284 g/mol. The molecule has 0 aromatic heterocycles. The van der Waals surface area contributed by atoms with Gasteiger partial charge in [0.15, 0.2) is 0 Å². The first-order valence-electron chi connectivity index (χ1n) is 6.84. The fraction of sp³-hybridized carbons (Fsp3) is 0.600. The summed E-state index contributed by atoms with van der Waals surface area (Å²) in [6.45, 7) is 5.19. The van der Waals surface area contributed by atoms with E-state index in [0.29, 0.717) is 16.6 Å². The van der Waals surface area contributed by atoms with E-state index in [-0.39, 0.29) is 23.4 Å². The Balaban J connectivity index is 1.83. The second kappa shape index (κ2) is 4.64. The molecule has 19 heavy (non-hydrogen) atoms. The Bertz CT molecular complexity index is 471. The molecular weight excluding hydrogens is 265 g/mol. The molecule has 2 nitrogen and oxygen atoms in total. The van der Waals surface area contributed by atoms with Crippen molar-refractivity contribution in [2.24, 2.45) is 11.3 Å². The monoisotopic (exact) mass is 283 g/mol. The van der Waals surface area contributed by atoms with Crippen molar-refractivity contribution in [3.05, 3.63) is 29.0 Å². The Morgan fingerprint density at radius 3 is 2.95 bits per heavy atom. The van der Waals surface area contributed by atoms with Gasteiger partial charge in [-0.1, -0.05) is 31.5 Å². The van der Waals surface area contributed by atoms with Crippen LogP contribution >= 0.6 is 11.6 Å². The number of benzene rings is 1. The van der Waals surface area contributed by atoms with Crippen LogP contribution in [0.2, 0.25) is 5.02 Å². The van der Waals surface area contributed by atoms with Gasteiger partial charge in [0.1, 0.15) is 5.82 Å². The van der Waals surface area contributed by atoms with Crippen LogP contribution in [0.1, 0.15) is 26.7 Å². The highest BCUT2D eigenvalue weighted by Gasteiger charge is 2.58. The minimum absolute atomic E-state index is 0.0106. The quantitative estimate of drug-likeness (QED) is 0.882. The molecule has 3 unspecified atom stereocenters. The molecule has 0 bridgehead atoms. The second-order valence-corrected chi connectivity index (χ2v) is 6.54. The molecule has 0 spiro atoms. The molecule has 1 saturated heterocycles. The molecule has 1 aromatic rings. The van der Waals surface area contributed by atoms with E-state index in [1.54, 1.807) is 12.1 Å². The lowest BCUT2D eigenvalue weighted by Gasteiger charge is -2.60. The van der Waals surface area contributed by atoms with Gasteiger partial charge in [-0.25, -0.2) is 4.39 Å². The van der Waals surface area contributed by atoms with Crippen molar-refractivity contribution in [2.45, 2.75) is 38.8 Å². The third kappa shape index (κ3) is 2.03. The zero-order valence-corrected chi connectivity index (χ0v) is 12.0. The first kappa shape index (κ1) is 13.2. The summed E-state index contributed by atoms with van der Waals surface area (Å²) < 4.78 is 19.7. The van der Waals surface area contributed by atoms with Crippen LogP contribution in [0.5, 0.6) is 0 Å². The maximum absolute atomic E-state index is 13.9. The van der Waals surface area contributed by atoms with E-state index in [9.17, 15) is 4.39 Å². The van der Waals surface area contributed by atoms with Crippen LogP contribution in [0.15, 0.2) is 18.2 Å². The van der Waals surface area contributed by atoms with Gasteiger partial charge in [0.2, 0.25) is 0 Å². The van der Waals surface area contributed by atoms with E-state index in [0.717, 1.165) is 19.4 Å². The maximum Gasteiger partial charge on any atom is 0.147 e. The summed E-state index contributed by atoms with van der Waals surface area (Å²) >= 11 is 6.09. The van der Waals surface area contributed by atoms with Gasteiger partial charge in [-0.05, 0) is 25.0 Å². The Morgan fingerprint density at radius 2 is 2.21 bits per heavy atom. The van der Waals surface area contributed by atoms with E-state index in [2.05, 4.69) is 19.2 Å². The molecule has 2 aliphatic rings. The number of hydrogen-bond donors (Lipinski definition) is 1. The summed E-state index contributed by atoms with van der Waals surface area (Å²) in [6.07, 6.45) is 2.50. The van der Waals surface area contributed by atoms with Gasteiger partial charge >= 0.3 is 0 Å². The van der Waals surface area contributed by atoms with Gasteiger partial charge in [0.05, 0.1) is 16.8 Å². The first-order valence-corrected chi connectivity index (χ1v) is 7.22. The molecule has 1 saturated carbocycles. The summed E-state index contributed by atoms with van der Waals surface area (Å²) in [6, 6.07) is 5.00. The number of anilines is 1. The largest absolute Gasteiger partial charge is 0.378 e. The Labute approximate surface area is 118 Å². The van der Waals surface area contributed by atoms with Crippen LogP contribution in [0, 0.1) is 17.2 Å². The third-order valence-electron chi connectivity index (χ3n) is 4.59. The minimum atomic E-state index is -0.288. The van der Waals surface area contributed by atoms with Crippen molar-refractivity contribution < 1.29 is 9.13 Å². The summed E-state index contributed by atoms with van der Waals surface area (Å²) in [4.78, 5) is 0. The van der Waals surface area contributed by atoms with Crippen LogP contribution in [-0.2, 0) is 4.74 Å². The van der Waals surface area contributed by atoms with E-state index in [4.69, 9.17) is 16.3 Å². The molecule has 1 aliphatic carbocycles. The van der Waals surface area contributed by atoms with Gasteiger partial charge in [-0.15, -0.1) is 0 Å². The van der Waals surface area contributed by atoms with E-state index in [1.165, 1.54) is 6.07 Å². The van der Waals surface area contributed by atoms with Gasteiger partial charge in [0.25, 0.3) is 0 Å². The van der Waals surface area contributed by atoms with E-state index < -0.39 is 0 Å². The van der Waals surface area contributed by atoms with E-state index >= 15 is 0 Å². The highest BCUT2D eigenvalue weighted by Crippen LogP contribution is 2.52. The predicted octanol–water partition coefficient (Wildman–Crippen LogP) is 4.09. The van der Waals surface area contributed by atoms with Gasteiger partial charge in [-0.2, -0.15) is 0 Å². The summed E-state index contributed by atoms with van der Waals surface area (Å²) in [5, 5.41) is 3.76. The van der Waals surface area contributed by atoms with Crippen LogP contribution in [0.3, 0.4) is 0 Å². The molecule has 104 valence electrons. The minimum Gasteiger partial charge on any atom is -0.378 e. The highest BCUT2D eigenvalue weighted by molar-refractivity contribution is 6.33. The molecule has 1 heterocycles. The predicted molar refractivity (Wildman–Crippen MR) is 75.1 cm³/mol. The van der Waals surface area contributed by atoms with Crippen LogP contribution < -0.4 is 5.32 Å². The number of fused-ring (bicyclic) bond motifs is 1. The number of rotatable bonds is 2. The molecule has 0 radical (unpaired) electrons. The van der Waals surface area contributed by atoms with Crippen molar-refractivity contribution in [2.75, 3.05) is 11.9 Å². The van der Waals surface area contributed by atoms with Gasteiger partial charge in [0, 0.05) is 24.0 Å². The maximum atomic E-state index is 13.9. The summed E-state index contributed by atoms with van der Waals surface area (Å²) in [5.41, 5.74) is 0.433. The van der Waals surface area contributed by atoms with Crippen LogP contribution in [-0.4, -0.2) is 18.8 Å². The Morgan fingerprint density at radius 1 is 1.42 bits per heavy atom. The SMILES string of the molecule is CC1(C)C(Nc2c(F)cccc2Cl)C2CCCOC21. The zero-order chi connectivity index (χ0) is 13.6. The number of nitrogens with one attached hydrogen (secondary N) is 1. The van der Waals surface area contributed by atoms with Crippen LogP contribution in [0.25, 0.3) is 0 Å². The van der Waals surface area contributed by atoms with Crippen LogP contribution in [0.4, 0.5) is 10.1 Å². The normalized spacial score (nSPS) is 32.3. The molecular formula is C15H19ClFNO. The molecule has 1 aliphatic heterocycles. The van der Waals surface area contributed by atoms with Gasteiger partial charge < -0.3 is 10.1 Å². The molecule has 1 N–H and O–H groups in total. The molecule has 2 fully saturated rings. The highest BCUT2D eigenvalue weighted by atomic mass is 35.5.